The predicted molar refractivity (Wildman–Crippen MR) is 74.8 cm³/mol. The number of carbonyl (C=O) groups is 2. The summed E-state index contributed by atoms with van der Waals surface area (Å²) in [7, 11) is 0. The highest BCUT2D eigenvalue weighted by Crippen LogP contribution is 2.30. The Morgan fingerprint density at radius 2 is 2.00 bits per heavy atom. The van der Waals surface area contributed by atoms with Crippen LogP contribution in [0.15, 0.2) is 0 Å². The van der Waals surface area contributed by atoms with E-state index in [0.29, 0.717) is 17.1 Å². The number of amides is 1. The van der Waals surface area contributed by atoms with Crippen LogP contribution >= 0.6 is 11.5 Å². The number of carbonyl (C=O) groups excluding carboxylic acids is 1. The number of hydrogen-bond donors (Lipinski definition) is 1. The fourth-order valence-electron chi connectivity index (χ4n) is 2.42. The van der Waals surface area contributed by atoms with Crippen molar-refractivity contribution in [2.75, 3.05) is 13.1 Å². The topological polar surface area (TPSA) is 83.4 Å². The Morgan fingerprint density at radius 3 is 2.50 bits per heavy atom. The van der Waals surface area contributed by atoms with Gasteiger partial charge in [-0.05, 0) is 17.5 Å². The van der Waals surface area contributed by atoms with Crippen LogP contribution in [0.25, 0.3) is 0 Å². The Bertz CT molecular complexity index is 535. The lowest BCUT2D eigenvalue weighted by Gasteiger charge is -2.19. The van der Waals surface area contributed by atoms with Gasteiger partial charge in [0.15, 0.2) is 0 Å². The Labute approximate surface area is 122 Å². The van der Waals surface area contributed by atoms with Crippen LogP contribution < -0.4 is 0 Å². The van der Waals surface area contributed by atoms with Crippen LogP contribution in [0.1, 0.15) is 43.1 Å². The summed E-state index contributed by atoms with van der Waals surface area (Å²) in [5.41, 5.74) is 0.425. The molecule has 1 amide bonds. The molecule has 2 atom stereocenters. The molecule has 0 saturated carbocycles. The highest BCUT2D eigenvalue weighted by Gasteiger charge is 2.39. The van der Waals surface area contributed by atoms with Gasteiger partial charge < -0.3 is 10.0 Å². The third-order valence-corrected chi connectivity index (χ3v) is 4.32. The van der Waals surface area contributed by atoms with Crippen molar-refractivity contribution in [2.45, 2.75) is 33.1 Å². The molecular weight excluding hydrogens is 278 g/mol. The van der Waals surface area contributed by atoms with E-state index in [1.54, 1.807) is 4.90 Å². The largest absolute Gasteiger partial charge is 0.481 e. The van der Waals surface area contributed by atoms with E-state index in [2.05, 4.69) is 9.59 Å². The summed E-state index contributed by atoms with van der Waals surface area (Å²) in [6.45, 7) is 8.53. The molecule has 1 aliphatic rings. The summed E-state index contributed by atoms with van der Waals surface area (Å²) in [6, 6.07) is 0. The molecule has 1 N–H and O–H groups in total. The maximum Gasteiger partial charge on any atom is 0.308 e. The smallest absolute Gasteiger partial charge is 0.308 e. The van der Waals surface area contributed by atoms with E-state index in [-0.39, 0.29) is 23.8 Å². The maximum atomic E-state index is 12.6. The number of likely N-dealkylation sites (tertiary alicyclic amines) is 1. The molecule has 20 heavy (non-hydrogen) atoms. The summed E-state index contributed by atoms with van der Waals surface area (Å²) in [5.74, 6) is -1.51. The standard InChI is InChI=1S/C13H19N3O3S/c1-7-5-16(6-8(7)12(18)19)11(17)9-10(13(2,3)4)14-15-20-9/h7-8H,5-6H2,1-4H3,(H,18,19). The molecule has 0 bridgehead atoms. The van der Waals surface area contributed by atoms with Crippen molar-refractivity contribution in [1.29, 1.82) is 0 Å². The zero-order chi connectivity index (χ0) is 15.1. The van der Waals surface area contributed by atoms with Crippen LogP contribution in [0.5, 0.6) is 0 Å². The normalized spacial score (nSPS) is 23.1. The molecule has 1 aliphatic heterocycles. The van der Waals surface area contributed by atoms with Crippen LogP contribution in [0.2, 0.25) is 0 Å². The molecule has 0 spiro atoms. The molecule has 6 nitrogen and oxygen atoms in total. The minimum Gasteiger partial charge on any atom is -0.481 e. The van der Waals surface area contributed by atoms with E-state index in [1.807, 2.05) is 27.7 Å². The molecule has 0 radical (unpaired) electrons. The number of aliphatic carboxylic acids is 1. The van der Waals surface area contributed by atoms with Gasteiger partial charge in [0.05, 0.1) is 11.6 Å². The third-order valence-electron chi connectivity index (χ3n) is 3.61. The SMILES string of the molecule is CC1CN(C(=O)c2snnc2C(C)(C)C)CC1C(=O)O. The predicted octanol–water partition coefficient (Wildman–Crippen LogP) is 1.63. The Morgan fingerprint density at radius 1 is 1.35 bits per heavy atom. The number of aromatic nitrogens is 2. The van der Waals surface area contributed by atoms with Gasteiger partial charge in [0, 0.05) is 18.5 Å². The monoisotopic (exact) mass is 297 g/mol. The molecular formula is C13H19N3O3S. The van der Waals surface area contributed by atoms with Gasteiger partial charge in [-0.2, -0.15) is 0 Å². The summed E-state index contributed by atoms with van der Waals surface area (Å²) in [6.07, 6.45) is 0. The fraction of sp³-hybridized carbons (Fsp3) is 0.692. The van der Waals surface area contributed by atoms with Gasteiger partial charge in [0.2, 0.25) is 0 Å². The lowest BCUT2D eigenvalue weighted by Crippen LogP contribution is -2.31. The first kappa shape index (κ1) is 14.9. The number of carboxylic acids is 1. The molecule has 0 aliphatic carbocycles. The van der Waals surface area contributed by atoms with Gasteiger partial charge in [-0.15, -0.1) is 5.10 Å². The second-order valence-electron chi connectivity index (χ2n) is 6.33. The van der Waals surface area contributed by atoms with Crippen molar-refractivity contribution in [3.05, 3.63) is 10.6 Å². The van der Waals surface area contributed by atoms with E-state index < -0.39 is 11.9 Å². The van der Waals surface area contributed by atoms with Gasteiger partial charge in [0.1, 0.15) is 4.88 Å². The molecule has 1 fully saturated rings. The van der Waals surface area contributed by atoms with Crippen molar-refractivity contribution in [2.24, 2.45) is 11.8 Å². The zero-order valence-electron chi connectivity index (χ0n) is 12.1. The summed E-state index contributed by atoms with van der Waals surface area (Å²) in [4.78, 5) is 25.8. The van der Waals surface area contributed by atoms with E-state index in [9.17, 15) is 9.59 Å². The molecule has 2 heterocycles. The van der Waals surface area contributed by atoms with Crippen LogP contribution in [0.4, 0.5) is 0 Å². The molecule has 1 saturated heterocycles. The van der Waals surface area contributed by atoms with Crippen molar-refractivity contribution >= 4 is 23.4 Å². The zero-order valence-corrected chi connectivity index (χ0v) is 12.9. The Hall–Kier alpha value is -1.50. The minimum atomic E-state index is -0.841. The molecule has 110 valence electrons. The molecule has 1 aromatic heterocycles. The molecule has 1 aromatic rings. The third kappa shape index (κ3) is 2.67. The number of carboxylic acid groups (broad SMARTS) is 1. The number of hydrogen-bond acceptors (Lipinski definition) is 5. The average molecular weight is 297 g/mol. The molecule has 7 heteroatoms. The summed E-state index contributed by atoms with van der Waals surface area (Å²) >= 11 is 1.08. The first-order chi connectivity index (χ1) is 9.21. The maximum absolute atomic E-state index is 12.6. The van der Waals surface area contributed by atoms with Crippen molar-refractivity contribution in [3.8, 4) is 0 Å². The number of rotatable bonds is 2. The quantitative estimate of drug-likeness (QED) is 0.897. The van der Waals surface area contributed by atoms with Crippen molar-refractivity contribution in [1.82, 2.24) is 14.5 Å². The van der Waals surface area contributed by atoms with Crippen molar-refractivity contribution in [3.63, 3.8) is 0 Å². The van der Waals surface area contributed by atoms with E-state index in [4.69, 9.17) is 5.11 Å². The van der Waals surface area contributed by atoms with Crippen LogP contribution in [-0.4, -0.2) is 44.6 Å². The molecule has 2 unspecified atom stereocenters. The lowest BCUT2D eigenvalue weighted by atomic mass is 9.91. The summed E-state index contributed by atoms with van der Waals surface area (Å²) < 4.78 is 3.88. The Kier molecular flexibility index (Phi) is 3.82. The van der Waals surface area contributed by atoms with Crippen LogP contribution in [0.3, 0.4) is 0 Å². The lowest BCUT2D eigenvalue weighted by molar-refractivity contribution is -0.142. The van der Waals surface area contributed by atoms with Crippen molar-refractivity contribution < 1.29 is 14.7 Å². The van der Waals surface area contributed by atoms with E-state index in [0.717, 1.165) is 11.5 Å². The van der Waals surface area contributed by atoms with Gasteiger partial charge in [0.25, 0.3) is 5.91 Å². The first-order valence-corrected chi connectivity index (χ1v) is 7.34. The van der Waals surface area contributed by atoms with Gasteiger partial charge in [-0.25, -0.2) is 0 Å². The average Bonchev–Trinajstić information content (AvgIpc) is 2.92. The highest BCUT2D eigenvalue weighted by atomic mass is 32.1. The van der Waals surface area contributed by atoms with E-state index in [1.165, 1.54) is 0 Å². The second kappa shape index (κ2) is 5.12. The van der Waals surface area contributed by atoms with Gasteiger partial charge >= 0.3 is 5.97 Å². The van der Waals surface area contributed by atoms with E-state index >= 15 is 0 Å². The Balaban J connectivity index is 2.22. The number of nitrogens with zero attached hydrogens (tertiary/aromatic N) is 3. The summed E-state index contributed by atoms with van der Waals surface area (Å²) in [5, 5.41) is 13.2. The second-order valence-corrected chi connectivity index (χ2v) is 7.09. The van der Waals surface area contributed by atoms with Gasteiger partial charge in [-0.1, -0.05) is 32.2 Å². The fourth-order valence-corrected chi connectivity index (χ4v) is 3.26. The van der Waals surface area contributed by atoms with Gasteiger partial charge in [-0.3, -0.25) is 9.59 Å². The molecule has 2 rings (SSSR count). The van der Waals surface area contributed by atoms with Crippen LogP contribution in [0, 0.1) is 11.8 Å². The highest BCUT2D eigenvalue weighted by molar-refractivity contribution is 7.08. The minimum absolute atomic E-state index is 0.0320. The van der Waals surface area contributed by atoms with Crippen LogP contribution in [-0.2, 0) is 10.2 Å². The molecule has 0 aromatic carbocycles. The first-order valence-electron chi connectivity index (χ1n) is 6.56.